The van der Waals surface area contributed by atoms with E-state index in [-0.39, 0.29) is 5.78 Å². The van der Waals surface area contributed by atoms with E-state index in [1.54, 1.807) is 0 Å². The Morgan fingerprint density at radius 3 is 2.19 bits per heavy atom. The minimum absolute atomic E-state index is 0.246. The van der Waals surface area contributed by atoms with Crippen molar-refractivity contribution < 1.29 is 13.2 Å². The molecule has 0 bridgehead atoms. The van der Waals surface area contributed by atoms with Crippen LogP contribution in [0.4, 0.5) is 0 Å². The number of ketones is 1. The van der Waals surface area contributed by atoms with Crippen LogP contribution in [0.1, 0.15) is 19.8 Å². The minimum Gasteiger partial charge on any atom is -0.298 e. The van der Waals surface area contributed by atoms with Crippen molar-refractivity contribution in [3.8, 4) is 0 Å². The second-order valence-electron chi connectivity index (χ2n) is 4.23. The number of carbonyl (C=O) groups excluding carboxylic acids is 1. The standard InChI is InChI=1S/C10H20N2O3S/c1-3-4-10(13)9-11-5-7-12(8-6-11)16(2,14)15/h3-9H2,1-2H3. The topological polar surface area (TPSA) is 57.7 Å². The normalized spacial score (nSPS) is 19.9. The summed E-state index contributed by atoms with van der Waals surface area (Å²) >= 11 is 0. The minimum atomic E-state index is -3.07. The second-order valence-corrected chi connectivity index (χ2v) is 6.21. The van der Waals surface area contributed by atoms with Crippen molar-refractivity contribution in [3.05, 3.63) is 0 Å². The lowest BCUT2D eigenvalue weighted by Gasteiger charge is -2.32. The molecular formula is C10H20N2O3S. The van der Waals surface area contributed by atoms with Gasteiger partial charge in [-0.2, -0.15) is 4.31 Å². The van der Waals surface area contributed by atoms with Crippen LogP contribution in [0.2, 0.25) is 0 Å². The van der Waals surface area contributed by atoms with Crippen molar-refractivity contribution >= 4 is 15.8 Å². The van der Waals surface area contributed by atoms with Gasteiger partial charge in [-0.3, -0.25) is 9.69 Å². The number of carbonyl (C=O) groups is 1. The van der Waals surface area contributed by atoms with Crippen LogP contribution in [0.25, 0.3) is 0 Å². The SMILES string of the molecule is CCCC(=O)CN1CCN(S(C)(=O)=O)CC1. The Morgan fingerprint density at radius 2 is 1.75 bits per heavy atom. The predicted octanol–water partition coefficient (Wildman–Crippen LogP) is -0.0672. The molecular weight excluding hydrogens is 228 g/mol. The fraction of sp³-hybridized carbons (Fsp3) is 0.900. The first-order valence-corrected chi connectivity index (χ1v) is 7.47. The molecule has 1 rings (SSSR count). The zero-order chi connectivity index (χ0) is 12.2. The largest absolute Gasteiger partial charge is 0.298 e. The van der Waals surface area contributed by atoms with Gasteiger partial charge in [-0.15, -0.1) is 0 Å². The van der Waals surface area contributed by atoms with Crippen LogP contribution < -0.4 is 0 Å². The average molecular weight is 248 g/mol. The van der Waals surface area contributed by atoms with Gasteiger partial charge < -0.3 is 0 Å². The molecule has 94 valence electrons. The Morgan fingerprint density at radius 1 is 1.19 bits per heavy atom. The highest BCUT2D eigenvalue weighted by Gasteiger charge is 2.23. The van der Waals surface area contributed by atoms with Crippen molar-refractivity contribution in [1.82, 2.24) is 9.21 Å². The Kier molecular flexibility index (Phi) is 4.89. The number of hydrogen-bond acceptors (Lipinski definition) is 4. The molecule has 0 saturated carbocycles. The summed E-state index contributed by atoms with van der Waals surface area (Å²) in [6, 6.07) is 0. The molecule has 1 heterocycles. The smallest absolute Gasteiger partial charge is 0.211 e. The summed E-state index contributed by atoms with van der Waals surface area (Å²) in [6.07, 6.45) is 2.72. The van der Waals surface area contributed by atoms with Crippen LogP contribution in [-0.4, -0.2) is 62.4 Å². The summed E-state index contributed by atoms with van der Waals surface area (Å²) < 4.78 is 24.0. The summed E-state index contributed by atoms with van der Waals surface area (Å²) in [7, 11) is -3.07. The van der Waals surface area contributed by atoms with Crippen LogP contribution in [0.15, 0.2) is 0 Å². The summed E-state index contributed by atoms with van der Waals surface area (Å²) in [5.41, 5.74) is 0. The van der Waals surface area contributed by atoms with E-state index >= 15 is 0 Å². The molecule has 5 nitrogen and oxygen atoms in total. The van der Waals surface area contributed by atoms with E-state index in [9.17, 15) is 13.2 Å². The van der Waals surface area contributed by atoms with Gasteiger partial charge in [0.1, 0.15) is 5.78 Å². The first kappa shape index (κ1) is 13.6. The molecule has 0 atom stereocenters. The molecule has 0 amide bonds. The van der Waals surface area contributed by atoms with Crippen LogP contribution in [0.3, 0.4) is 0 Å². The summed E-state index contributed by atoms with van der Waals surface area (Å²) in [6.45, 7) is 4.76. The van der Waals surface area contributed by atoms with Crippen LogP contribution in [-0.2, 0) is 14.8 Å². The van der Waals surface area contributed by atoms with E-state index in [0.717, 1.165) is 6.42 Å². The highest BCUT2D eigenvalue weighted by atomic mass is 32.2. The average Bonchev–Trinajstić information content (AvgIpc) is 2.17. The Hall–Kier alpha value is -0.460. The quantitative estimate of drug-likeness (QED) is 0.683. The van der Waals surface area contributed by atoms with Crippen LogP contribution >= 0.6 is 0 Å². The maximum atomic E-state index is 11.4. The predicted molar refractivity (Wildman–Crippen MR) is 62.8 cm³/mol. The first-order chi connectivity index (χ1) is 7.43. The molecule has 0 unspecified atom stereocenters. The number of rotatable bonds is 5. The lowest BCUT2D eigenvalue weighted by atomic mass is 10.2. The van der Waals surface area contributed by atoms with E-state index < -0.39 is 10.0 Å². The highest BCUT2D eigenvalue weighted by Crippen LogP contribution is 2.06. The van der Waals surface area contributed by atoms with E-state index in [0.29, 0.717) is 39.1 Å². The fourth-order valence-corrected chi connectivity index (χ4v) is 2.65. The van der Waals surface area contributed by atoms with Gasteiger partial charge in [0.15, 0.2) is 0 Å². The number of sulfonamides is 1. The van der Waals surface area contributed by atoms with Gasteiger partial charge in [0.25, 0.3) is 0 Å². The molecule has 1 saturated heterocycles. The maximum absolute atomic E-state index is 11.4. The zero-order valence-corrected chi connectivity index (χ0v) is 10.8. The van der Waals surface area contributed by atoms with Crippen molar-refractivity contribution in [3.63, 3.8) is 0 Å². The molecule has 0 aromatic heterocycles. The number of nitrogens with zero attached hydrogens (tertiary/aromatic N) is 2. The molecule has 0 spiro atoms. The van der Waals surface area contributed by atoms with Crippen LogP contribution in [0, 0.1) is 0 Å². The van der Waals surface area contributed by atoms with Gasteiger partial charge >= 0.3 is 0 Å². The van der Waals surface area contributed by atoms with E-state index in [1.807, 2.05) is 11.8 Å². The van der Waals surface area contributed by atoms with Gasteiger partial charge in [0.05, 0.1) is 12.8 Å². The van der Waals surface area contributed by atoms with Gasteiger partial charge in [-0.25, -0.2) is 8.42 Å². The highest BCUT2D eigenvalue weighted by molar-refractivity contribution is 7.88. The molecule has 1 fully saturated rings. The van der Waals surface area contributed by atoms with Crippen molar-refractivity contribution in [2.75, 3.05) is 39.0 Å². The molecule has 1 aliphatic heterocycles. The van der Waals surface area contributed by atoms with E-state index in [2.05, 4.69) is 0 Å². The summed E-state index contributed by atoms with van der Waals surface area (Å²) in [4.78, 5) is 13.4. The Labute approximate surface area is 97.5 Å². The van der Waals surface area contributed by atoms with Crippen molar-refractivity contribution in [1.29, 1.82) is 0 Å². The Bertz CT molecular complexity index is 332. The first-order valence-electron chi connectivity index (χ1n) is 5.62. The third kappa shape index (κ3) is 4.19. The molecule has 0 aromatic rings. The third-order valence-corrected chi connectivity index (χ3v) is 4.03. The van der Waals surface area contributed by atoms with Crippen molar-refractivity contribution in [2.24, 2.45) is 0 Å². The number of hydrogen-bond donors (Lipinski definition) is 0. The molecule has 16 heavy (non-hydrogen) atoms. The second kappa shape index (κ2) is 5.75. The lowest BCUT2D eigenvalue weighted by Crippen LogP contribution is -2.49. The zero-order valence-electron chi connectivity index (χ0n) is 9.98. The monoisotopic (exact) mass is 248 g/mol. The molecule has 0 N–H and O–H groups in total. The van der Waals surface area contributed by atoms with Gasteiger partial charge in [-0.1, -0.05) is 6.92 Å². The summed E-state index contributed by atoms with van der Waals surface area (Å²) in [5, 5.41) is 0. The summed E-state index contributed by atoms with van der Waals surface area (Å²) in [5.74, 6) is 0.246. The van der Waals surface area contributed by atoms with Crippen molar-refractivity contribution in [2.45, 2.75) is 19.8 Å². The van der Waals surface area contributed by atoms with E-state index in [4.69, 9.17) is 0 Å². The molecule has 0 radical (unpaired) electrons. The lowest BCUT2D eigenvalue weighted by molar-refractivity contribution is -0.120. The van der Waals surface area contributed by atoms with Gasteiger partial charge in [0, 0.05) is 32.6 Å². The number of Topliss-reactive ketones (excluding diaryl/α,β-unsaturated/α-hetero) is 1. The third-order valence-electron chi connectivity index (χ3n) is 2.73. The number of piperazine rings is 1. The molecule has 0 aliphatic carbocycles. The van der Waals surface area contributed by atoms with E-state index in [1.165, 1.54) is 10.6 Å². The molecule has 0 aromatic carbocycles. The fourth-order valence-electron chi connectivity index (χ4n) is 1.83. The maximum Gasteiger partial charge on any atom is 0.211 e. The van der Waals surface area contributed by atoms with Gasteiger partial charge in [-0.05, 0) is 6.42 Å². The molecule has 1 aliphatic rings. The van der Waals surface area contributed by atoms with Gasteiger partial charge in [0.2, 0.25) is 10.0 Å². The van der Waals surface area contributed by atoms with Crippen LogP contribution in [0.5, 0.6) is 0 Å². The Balaban J connectivity index is 2.35. The molecule has 6 heteroatoms.